The van der Waals surface area contributed by atoms with Crippen LogP contribution >= 0.6 is 0 Å². The zero-order valence-corrected chi connectivity index (χ0v) is 10.3. The highest BCUT2D eigenvalue weighted by molar-refractivity contribution is 5.80. The van der Waals surface area contributed by atoms with E-state index in [2.05, 4.69) is 0 Å². The van der Waals surface area contributed by atoms with Gasteiger partial charge in [-0.2, -0.15) is 13.2 Å². The summed E-state index contributed by atoms with van der Waals surface area (Å²) in [7, 11) is 0. The van der Waals surface area contributed by atoms with Gasteiger partial charge in [-0.3, -0.25) is 10.3 Å². The van der Waals surface area contributed by atoms with E-state index in [9.17, 15) is 13.2 Å². The third-order valence-corrected chi connectivity index (χ3v) is 4.31. The van der Waals surface area contributed by atoms with Crippen LogP contribution in [0, 0.1) is 17.2 Å². The third kappa shape index (κ3) is 2.79. The van der Waals surface area contributed by atoms with Crippen LogP contribution in [0.2, 0.25) is 0 Å². The fourth-order valence-electron chi connectivity index (χ4n) is 3.34. The highest BCUT2D eigenvalue weighted by Gasteiger charge is 2.45. The van der Waals surface area contributed by atoms with Gasteiger partial charge in [0.1, 0.15) is 11.8 Å². The molecule has 3 unspecified atom stereocenters. The molecule has 2 aliphatic rings. The van der Waals surface area contributed by atoms with Gasteiger partial charge in [0, 0.05) is 12.6 Å². The van der Waals surface area contributed by atoms with Crippen molar-refractivity contribution in [2.45, 2.75) is 44.3 Å². The van der Waals surface area contributed by atoms with Crippen LogP contribution in [0.4, 0.5) is 13.2 Å². The summed E-state index contributed by atoms with van der Waals surface area (Å²) < 4.78 is 38.4. The molecule has 1 heterocycles. The average Bonchev–Trinajstić information content (AvgIpc) is 2.67. The monoisotopic (exact) mass is 263 g/mol. The fraction of sp³-hybridized carbons (Fsp3) is 0.917. The Bertz CT molecular complexity index is 316. The van der Waals surface area contributed by atoms with Gasteiger partial charge >= 0.3 is 6.18 Å². The summed E-state index contributed by atoms with van der Waals surface area (Å²) in [6.07, 6.45) is 1.02. The number of halogens is 3. The van der Waals surface area contributed by atoms with E-state index in [1.807, 2.05) is 4.90 Å². The lowest BCUT2D eigenvalue weighted by Crippen LogP contribution is -2.46. The first-order valence-electron chi connectivity index (χ1n) is 6.54. The van der Waals surface area contributed by atoms with Crippen molar-refractivity contribution in [3.63, 3.8) is 0 Å². The minimum absolute atomic E-state index is 0.139. The number of likely N-dealkylation sites (tertiary alicyclic amines) is 1. The zero-order chi connectivity index (χ0) is 13.3. The maximum atomic E-state index is 12.8. The van der Waals surface area contributed by atoms with Crippen molar-refractivity contribution in [2.24, 2.45) is 17.6 Å². The number of nitrogens with zero attached hydrogens (tertiary/aromatic N) is 1. The summed E-state index contributed by atoms with van der Waals surface area (Å²) in [5.74, 6) is -2.01. The van der Waals surface area contributed by atoms with Gasteiger partial charge in [-0.25, -0.2) is 0 Å². The van der Waals surface area contributed by atoms with Crippen LogP contribution in [0.1, 0.15) is 32.1 Å². The molecule has 3 atom stereocenters. The van der Waals surface area contributed by atoms with Crippen molar-refractivity contribution in [2.75, 3.05) is 13.1 Å². The van der Waals surface area contributed by atoms with E-state index in [0.29, 0.717) is 5.92 Å². The van der Waals surface area contributed by atoms with E-state index in [-0.39, 0.29) is 12.6 Å². The number of fused-ring (bicyclic) bond motifs is 1. The van der Waals surface area contributed by atoms with Crippen LogP contribution in [0.15, 0.2) is 0 Å². The molecule has 1 aliphatic heterocycles. The molecule has 0 amide bonds. The summed E-state index contributed by atoms with van der Waals surface area (Å²) in [4.78, 5) is 1.91. The number of hydrogen-bond donors (Lipinski definition) is 2. The predicted octanol–water partition coefficient (Wildman–Crippen LogP) is 2.37. The minimum atomic E-state index is -4.40. The molecule has 6 heteroatoms. The standard InChI is InChI=1S/C12H20F3N3/c13-12(14,15)9(11(16)17)7-18-6-5-8-3-1-2-4-10(8)18/h8-10H,1-7H2,(H3,16,17). The normalized spacial score (nSPS) is 31.1. The van der Waals surface area contributed by atoms with Crippen molar-refractivity contribution in [1.29, 1.82) is 5.41 Å². The first-order chi connectivity index (χ1) is 8.39. The van der Waals surface area contributed by atoms with Gasteiger partial charge in [0.05, 0.1) is 0 Å². The topological polar surface area (TPSA) is 53.1 Å². The Balaban J connectivity index is 2.01. The van der Waals surface area contributed by atoms with Crippen molar-refractivity contribution in [3.05, 3.63) is 0 Å². The Morgan fingerprint density at radius 2 is 1.94 bits per heavy atom. The number of alkyl halides is 3. The number of nitrogens with one attached hydrogen (secondary N) is 1. The van der Waals surface area contributed by atoms with E-state index in [1.165, 1.54) is 6.42 Å². The molecule has 0 aromatic carbocycles. The van der Waals surface area contributed by atoms with Gasteiger partial charge in [-0.15, -0.1) is 0 Å². The van der Waals surface area contributed by atoms with Crippen LogP contribution < -0.4 is 5.73 Å². The van der Waals surface area contributed by atoms with E-state index < -0.39 is 17.9 Å². The molecule has 3 N–H and O–H groups in total. The van der Waals surface area contributed by atoms with Crippen LogP contribution in [0.25, 0.3) is 0 Å². The molecule has 104 valence electrons. The Kier molecular flexibility index (Phi) is 3.84. The molecule has 18 heavy (non-hydrogen) atoms. The van der Waals surface area contributed by atoms with Crippen LogP contribution in [0.3, 0.4) is 0 Å². The molecule has 0 aromatic rings. The second-order valence-corrected chi connectivity index (χ2v) is 5.45. The zero-order valence-electron chi connectivity index (χ0n) is 10.3. The molecule has 0 aromatic heterocycles. The summed E-state index contributed by atoms with van der Waals surface area (Å²) in [6.45, 7) is 0.579. The Morgan fingerprint density at radius 3 is 2.56 bits per heavy atom. The number of nitrogens with two attached hydrogens (primary N) is 1. The maximum Gasteiger partial charge on any atom is 0.399 e. The third-order valence-electron chi connectivity index (χ3n) is 4.31. The number of hydrogen-bond acceptors (Lipinski definition) is 2. The molecule has 1 saturated heterocycles. The van der Waals surface area contributed by atoms with E-state index in [0.717, 1.165) is 32.2 Å². The summed E-state index contributed by atoms with van der Waals surface area (Å²) in [5, 5.41) is 7.13. The number of amidine groups is 1. The number of rotatable bonds is 3. The van der Waals surface area contributed by atoms with Gasteiger partial charge in [0.15, 0.2) is 0 Å². The first-order valence-corrected chi connectivity index (χ1v) is 6.54. The van der Waals surface area contributed by atoms with Crippen LogP contribution in [-0.2, 0) is 0 Å². The molecule has 3 nitrogen and oxygen atoms in total. The second kappa shape index (κ2) is 5.07. The molecule has 1 aliphatic carbocycles. The first kappa shape index (κ1) is 13.6. The van der Waals surface area contributed by atoms with Gasteiger partial charge in [-0.1, -0.05) is 12.8 Å². The average molecular weight is 263 g/mol. The predicted molar refractivity (Wildman–Crippen MR) is 63.4 cm³/mol. The van der Waals surface area contributed by atoms with Crippen LogP contribution in [-0.4, -0.2) is 36.0 Å². The van der Waals surface area contributed by atoms with Crippen molar-refractivity contribution >= 4 is 5.84 Å². The van der Waals surface area contributed by atoms with Crippen LogP contribution in [0.5, 0.6) is 0 Å². The van der Waals surface area contributed by atoms with E-state index >= 15 is 0 Å². The fourth-order valence-corrected chi connectivity index (χ4v) is 3.34. The lowest BCUT2D eigenvalue weighted by molar-refractivity contribution is -0.160. The van der Waals surface area contributed by atoms with Gasteiger partial charge in [-0.05, 0) is 31.7 Å². The smallest absolute Gasteiger partial charge is 0.387 e. The molecule has 0 bridgehead atoms. The van der Waals surface area contributed by atoms with E-state index in [1.54, 1.807) is 0 Å². The molecular formula is C12H20F3N3. The summed E-state index contributed by atoms with van der Waals surface area (Å²) in [5.41, 5.74) is 5.11. The molecular weight excluding hydrogens is 243 g/mol. The highest BCUT2D eigenvalue weighted by atomic mass is 19.4. The lowest BCUT2D eigenvalue weighted by Gasteiger charge is -2.34. The maximum absolute atomic E-state index is 12.8. The largest absolute Gasteiger partial charge is 0.399 e. The highest BCUT2D eigenvalue weighted by Crippen LogP contribution is 2.38. The Morgan fingerprint density at radius 1 is 1.28 bits per heavy atom. The molecule has 1 saturated carbocycles. The Hall–Kier alpha value is -0.780. The SMILES string of the molecule is N=C(N)C(CN1CCC2CCCCC21)C(F)(F)F. The quantitative estimate of drug-likeness (QED) is 0.606. The minimum Gasteiger partial charge on any atom is -0.387 e. The van der Waals surface area contributed by atoms with Gasteiger partial charge in [0.2, 0.25) is 0 Å². The molecule has 0 spiro atoms. The summed E-state index contributed by atoms with van der Waals surface area (Å²) >= 11 is 0. The van der Waals surface area contributed by atoms with Gasteiger partial charge < -0.3 is 5.73 Å². The van der Waals surface area contributed by atoms with Crippen molar-refractivity contribution < 1.29 is 13.2 Å². The lowest BCUT2D eigenvalue weighted by atomic mass is 9.85. The van der Waals surface area contributed by atoms with Gasteiger partial charge in [0.25, 0.3) is 0 Å². The molecule has 0 radical (unpaired) electrons. The summed E-state index contributed by atoms with van der Waals surface area (Å²) in [6, 6.07) is 0.281. The molecule has 2 rings (SSSR count). The van der Waals surface area contributed by atoms with Crippen molar-refractivity contribution in [1.82, 2.24) is 4.90 Å². The Labute approximate surface area is 105 Å². The molecule has 2 fully saturated rings. The van der Waals surface area contributed by atoms with Crippen molar-refractivity contribution in [3.8, 4) is 0 Å². The van der Waals surface area contributed by atoms with E-state index in [4.69, 9.17) is 11.1 Å². The second-order valence-electron chi connectivity index (χ2n) is 5.45.